The highest BCUT2D eigenvalue weighted by Crippen LogP contribution is 2.42. The zero-order chi connectivity index (χ0) is 21.3. The van der Waals surface area contributed by atoms with Crippen LogP contribution >= 0.6 is 0 Å². The average molecular weight is 410 g/mol. The largest absolute Gasteiger partial charge is 0.497 e. The zero-order valence-electron chi connectivity index (χ0n) is 17.0. The molecule has 0 unspecified atom stereocenters. The fourth-order valence-electron chi connectivity index (χ4n) is 4.92. The molecule has 1 saturated heterocycles. The van der Waals surface area contributed by atoms with Gasteiger partial charge in [0.15, 0.2) is 0 Å². The van der Waals surface area contributed by atoms with Crippen molar-refractivity contribution in [3.8, 4) is 5.75 Å². The second-order valence-corrected chi connectivity index (χ2v) is 8.17. The number of ether oxygens (including phenoxy) is 1. The summed E-state index contributed by atoms with van der Waals surface area (Å²) in [5.41, 5.74) is 2.02. The summed E-state index contributed by atoms with van der Waals surface area (Å²) >= 11 is 0. The molecule has 2 aliphatic rings. The third-order valence-corrected chi connectivity index (χ3v) is 6.28. The van der Waals surface area contributed by atoms with E-state index in [-0.39, 0.29) is 42.2 Å². The van der Waals surface area contributed by atoms with E-state index in [0.717, 1.165) is 23.4 Å². The van der Waals surface area contributed by atoms with E-state index in [1.54, 1.807) is 24.1 Å². The van der Waals surface area contributed by atoms with Gasteiger partial charge < -0.3 is 19.3 Å². The van der Waals surface area contributed by atoms with Crippen molar-refractivity contribution in [1.29, 1.82) is 0 Å². The van der Waals surface area contributed by atoms with E-state index in [0.29, 0.717) is 19.5 Å². The van der Waals surface area contributed by atoms with Crippen molar-refractivity contribution >= 4 is 11.9 Å². The van der Waals surface area contributed by atoms with Gasteiger partial charge in [0.1, 0.15) is 5.75 Å². The maximum atomic E-state index is 12.8. The van der Waals surface area contributed by atoms with E-state index in [1.165, 1.54) is 0 Å². The topological polar surface area (TPSA) is 88.8 Å². The van der Waals surface area contributed by atoms with E-state index >= 15 is 0 Å². The Bertz CT molecular complexity index is 1010. The van der Waals surface area contributed by atoms with Crippen molar-refractivity contribution in [3.05, 3.63) is 64.1 Å². The van der Waals surface area contributed by atoms with Gasteiger partial charge in [-0.05, 0) is 42.5 Å². The number of hydrogen-bond acceptors (Lipinski definition) is 4. The Hall–Kier alpha value is -3.09. The molecule has 4 rings (SSSR count). The summed E-state index contributed by atoms with van der Waals surface area (Å²) < 4.78 is 7.26. The van der Waals surface area contributed by atoms with E-state index < -0.39 is 5.97 Å². The molecule has 1 aromatic carbocycles. The van der Waals surface area contributed by atoms with Crippen LogP contribution in [0, 0.1) is 5.92 Å². The standard InChI is InChI=1S/C23H26N2O5/c1-30-18-5-2-4-15(10-18)11-20-17-12-16(19-6-3-7-22(27)25(19)20)13-24(14-17)21(26)8-9-23(28)29/h2-7,10,16-17,20H,8-9,11-14H2,1H3,(H,28,29)/t16-,17+,20+/m1/s1. The molecule has 0 saturated carbocycles. The summed E-state index contributed by atoms with van der Waals surface area (Å²) in [5.74, 6) is -0.0902. The number of amides is 1. The number of fused-ring (bicyclic) bond motifs is 4. The van der Waals surface area contributed by atoms with Crippen LogP contribution in [0.15, 0.2) is 47.3 Å². The van der Waals surface area contributed by atoms with Crippen LogP contribution in [-0.4, -0.2) is 46.6 Å². The molecular weight excluding hydrogens is 384 g/mol. The van der Waals surface area contributed by atoms with Gasteiger partial charge in [-0.25, -0.2) is 0 Å². The van der Waals surface area contributed by atoms with Crippen molar-refractivity contribution in [3.63, 3.8) is 0 Å². The van der Waals surface area contributed by atoms with Crippen molar-refractivity contribution in [2.45, 2.75) is 37.6 Å². The van der Waals surface area contributed by atoms with Crippen LogP contribution in [0.25, 0.3) is 0 Å². The Kier molecular flexibility index (Phi) is 5.61. The minimum absolute atomic E-state index is 0.0108. The summed E-state index contributed by atoms with van der Waals surface area (Å²) in [6, 6.07) is 13.1. The Balaban J connectivity index is 1.65. The summed E-state index contributed by atoms with van der Waals surface area (Å²) in [5, 5.41) is 8.91. The number of carboxylic acids is 1. The minimum Gasteiger partial charge on any atom is -0.497 e. The highest BCUT2D eigenvalue weighted by atomic mass is 16.5. The third kappa shape index (κ3) is 3.97. The molecule has 158 valence electrons. The summed E-state index contributed by atoms with van der Waals surface area (Å²) in [6.07, 6.45) is 1.44. The average Bonchev–Trinajstić information content (AvgIpc) is 2.75. The Morgan fingerprint density at radius 2 is 1.93 bits per heavy atom. The Morgan fingerprint density at radius 1 is 1.13 bits per heavy atom. The fourth-order valence-corrected chi connectivity index (χ4v) is 4.92. The molecule has 0 radical (unpaired) electrons. The molecule has 1 amide bonds. The van der Waals surface area contributed by atoms with Crippen LogP contribution in [0.2, 0.25) is 0 Å². The smallest absolute Gasteiger partial charge is 0.303 e. The van der Waals surface area contributed by atoms with E-state index in [1.807, 2.05) is 34.9 Å². The number of aliphatic carboxylic acids is 1. The number of carbonyl (C=O) groups is 2. The van der Waals surface area contributed by atoms with Gasteiger partial charge in [-0.3, -0.25) is 14.4 Å². The predicted octanol–water partition coefficient (Wildman–Crippen LogP) is 2.45. The van der Waals surface area contributed by atoms with Gasteiger partial charge in [-0.2, -0.15) is 0 Å². The molecule has 2 bridgehead atoms. The molecule has 7 heteroatoms. The van der Waals surface area contributed by atoms with Gasteiger partial charge in [-0.15, -0.1) is 0 Å². The van der Waals surface area contributed by atoms with Gasteiger partial charge >= 0.3 is 5.97 Å². The first-order valence-electron chi connectivity index (χ1n) is 10.3. The number of likely N-dealkylation sites (tertiary alicyclic amines) is 1. The number of pyridine rings is 1. The highest BCUT2D eigenvalue weighted by molar-refractivity contribution is 5.80. The fraction of sp³-hybridized carbons (Fsp3) is 0.435. The molecule has 3 atom stereocenters. The normalized spacial score (nSPS) is 22.3. The number of carboxylic acid groups (broad SMARTS) is 1. The van der Waals surface area contributed by atoms with Crippen molar-refractivity contribution in [2.24, 2.45) is 5.92 Å². The van der Waals surface area contributed by atoms with E-state index in [9.17, 15) is 14.4 Å². The second kappa shape index (κ2) is 8.34. The molecule has 3 heterocycles. The zero-order valence-corrected chi connectivity index (χ0v) is 17.0. The first-order chi connectivity index (χ1) is 14.5. The number of methoxy groups -OCH3 is 1. The first-order valence-corrected chi connectivity index (χ1v) is 10.3. The molecule has 7 nitrogen and oxygen atoms in total. The lowest BCUT2D eigenvalue weighted by Gasteiger charge is -2.47. The number of benzene rings is 1. The van der Waals surface area contributed by atoms with E-state index in [2.05, 4.69) is 0 Å². The second-order valence-electron chi connectivity index (χ2n) is 8.17. The van der Waals surface area contributed by atoms with Gasteiger partial charge in [-0.1, -0.05) is 18.2 Å². The lowest BCUT2D eigenvalue weighted by atomic mass is 9.76. The molecule has 30 heavy (non-hydrogen) atoms. The minimum atomic E-state index is -0.964. The monoisotopic (exact) mass is 410 g/mol. The number of piperidine rings is 1. The molecular formula is C23H26N2O5. The van der Waals surface area contributed by atoms with Crippen LogP contribution in [-0.2, 0) is 16.0 Å². The molecule has 2 aliphatic heterocycles. The maximum Gasteiger partial charge on any atom is 0.303 e. The summed E-state index contributed by atoms with van der Waals surface area (Å²) in [7, 11) is 1.63. The molecule has 1 aromatic heterocycles. The van der Waals surface area contributed by atoms with Gasteiger partial charge in [0.05, 0.1) is 13.5 Å². The Labute approximate surface area is 174 Å². The van der Waals surface area contributed by atoms with Gasteiger partial charge in [0.2, 0.25) is 5.91 Å². The summed E-state index contributed by atoms with van der Waals surface area (Å²) in [6.45, 7) is 1.08. The van der Waals surface area contributed by atoms with Gasteiger partial charge in [0, 0.05) is 43.2 Å². The van der Waals surface area contributed by atoms with Crippen molar-refractivity contribution in [2.75, 3.05) is 20.2 Å². The highest BCUT2D eigenvalue weighted by Gasteiger charge is 2.41. The quantitative estimate of drug-likeness (QED) is 0.790. The number of carbonyl (C=O) groups excluding carboxylic acids is 1. The molecule has 1 N–H and O–H groups in total. The number of nitrogens with zero attached hydrogens (tertiary/aromatic N) is 2. The third-order valence-electron chi connectivity index (χ3n) is 6.28. The van der Waals surface area contributed by atoms with Crippen molar-refractivity contribution in [1.82, 2.24) is 9.47 Å². The Morgan fingerprint density at radius 3 is 2.70 bits per heavy atom. The first kappa shape index (κ1) is 20.2. The molecule has 0 aliphatic carbocycles. The van der Waals surface area contributed by atoms with Crippen LogP contribution in [0.1, 0.15) is 42.5 Å². The lowest BCUT2D eigenvalue weighted by Crippen LogP contribution is -2.51. The summed E-state index contributed by atoms with van der Waals surface area (Å²) in [4.78, 5) is 38.1. The molecule has 2 aromatic rings. The van der Waals surface area contributed by atoms with Crippen LogP contribution in [0.3, 0.4) is 0 Å². The van der Waals surface area contributed by atoms with Crippen LogP contribution < -0.4 is 10.3 Å². The molecule has 1 fully saturated rings. The van der Waals surface area contributed by atoms with E-state index in [4.69, 9.17) is 9.84 Å². The van der Waals surface area contributed by atoms with Crippen LogP contribution in [0.5, 0.6) is 5.75 Å². The van der Waals surface area contributed by atoms with Crippen LogP contribution in [0.4, 0.5) is 0 Å². The van der Waals surface area contributed by atoms with Crippen molar-refractivity contribution < 1.29 is 19.4 Å². The molecule has 0 spiro atoms. The SMILES string of the molecule is COc1cccc(C[C@H]2[C@H]3C[C@H](CN(C(=O)CCC(=O)O)C3)c3cccc(=O)n32)c1. The predicted molar refractivity (Wildman–Crippen MR) is 111 cm³/mol. The maximum absolute atomic E-state index is 12.8. The number of aromatic nitrogens is 1. The number of hydrogen-bond donors (Lipinski definition) is 1. The lowest BCUT2D eigenvalue weighted by molar-refractivity contribution is -0.142. The van der Waals surface area contributed by atoms with Gasteiger partial charge in [0.25, 0.3) is 5.56 Å². The number of rotatable bonds is 6.